The molecule has 1 unspecified atom stereocenters. The molecule has 0 aromatic heterocycles. The molecule has 1 atom stereocenters. The summed E-state index contributed by atoms with van der Waals surface area (Å²) in [6.07, 6.45) is 102. The van der Waals surface area contributed by atoms with E-state index in [1.807, 2.05) is 0 Å². The first-order valence-electron chi connectivity index (χ1n) is 28.3. The van der Waals surface area contributed by atoms with E-state index in [4.69, 9.17) is 9.47 Å². The predicted molar refractivity (Wildman–Crippen MR) is 324 cm³/mol. The van der Waals surface area contributed by atoms with Crippen LogP contribution in [-0.4, -0.2) is 36.4 Å². The summed E-state index contributed by atoms with van der Waals surface area (Å²) in [7, 11) is 0. The number of aliphatic hydroxyl groups excluding tert-OH is 1. The number of allylic oxidation sites excluding steroid dienone is 36. The maximum atomic E-state index is 12.3. The van der Waals surface area contributed by atoms with Crippen molar-refractivity contribution in [3.63, 3.8) is 0 Å². The second kappa shape index (κ2) is 61.5. The number of unbranched alkanes of at least 4 members (excludes halogenated alkanes) is 4. The van der Waals surface area contributed by atoms with Crippen LogP contribution in [0.4, 0.5) is 0 Å². The number of ether oxygens (including phenoxy) is 2. The molecule has 0 aliphatic carbocycles. The summed E-state index contributed by atoms with van der Waals surface area (Å²) in [6, 6.07) is 0. The molecule has 0 saturated carbocycles. The standard InChI is InChI=1S/C69H100O5/c1-3-5-7-9-11-13-15-17-19-21-23-25-26-27-28-29-30-31-32-33-34-35-36-37-38-39-40-41-42-44-46-48-50-52-54-56-58-60-62-64-69(72)74-67(65-70)66-73-68(71)63-61-59-57-55-53-51-49-47-45-43-24-22-20-18-16-14-12-10-8-6-4-2/h5-8,11-14,17-20,23-25,27-28,30-31,33-34,36-37,39-40,42-44,47-50,53-56,67,70H,3-4,9-10,15-16,21-22,26,29,32,35,38,41,45-46,51-52,57-66H2,1-2H3/b7-5-,8-6-,13-11-,14-12-,19-17-,20-18-,25-23-,28-27-,31-30-,34-33-,37-36-,40-39-,43-24-,44-42-,49-47-,50-48-,55-53-,56-54-. The van der Waals surface area contributed by atoms with E-state index in [0.29, 0.717) is 12.8 Å². The zero-order valence-corrected chi connectivity index (χ0v) is 46.2. The van der Waals surface area contributed by atoms with Gasteiger partial charge in [-0.2, -0.15) is 0 Å². The molecule has 406 valence electrons. The lowest BCUT2D eigenvalue weighted by Gasteiger charge is -2.15. The van der Waals surface area contributed by atoms with Gasteiger partial charge in [0.1, 0.15) is 6.61 Å². The van der Waals surface area contributed by atoms with E-state index in [1.165, 1.54) is 0 Å². The molecular formula is C69H100O5. The van der Waals surface area contributed by atoms with Crippen LogP contribution in [0.25, 0.3) is 0 Å². The van der Waals surface area contributed by atoms with Gasteiger partial charge < -0.3 is 14.6 Å². The van der Waals surface area contributed by atoms with Gasteiger partial charge in [-0.05, 0) is 154 Å². The Bertz CT molecular complexity index is 1860. The molecule has 0 aromatic carbocycles. The smallest absolute Gasteiger partial charge is 0.306 e. The highest BCUT2D eigenvalue weighted by Crippen LogP contribution is 2.08. The normalized spacial score (nSPS) is 13.9. The fraction of sp³-hybridized carbons (Fsp3) is 0.449. The number of aliphatic hydroxyl groups is 1. The molecule has 0 saturated heterocycles. The van der Waals surface area contributed by atoms with Gasteiger partial charge in [-0.1, -0.05) is 233 Å². The van der Waals surface area contributed by atoms with E-state index in [9.17, 15) is 14.7 Å². The largest absolute Gasteiger partial charge is 0.462 e. The number of hydrogen-bond acceptors (Lipinski definition) is 5. The van der Waals surface area contributed by atoms with Gasteiger partial charge in [-0.25, -0.2) is 0 Å². The Labute approximate surface area is 452 Å². The van der Waals surface area contributed by atoms with Crippen LogP contribution in [0, 0.1) is 0 Å². The summed E-state index contributed by atoms with van der Waals surface area (Å²) >= 11 is 0. The van der Waals surface area contributed by atoms with Gasteiger partial charge in [0, 0.05) is 12.8 Å². The lowest BCUT2D eigenvalue weighted by atomic mass is 10.1. The summed E-state index contributed by atoms with van der Waals surface area (Å²) in [6.45, 7) is 3.81. The highest BCUT2D eigenvalue weighted by molar-refractivity contribution is 5.70. The fourth-order valence-corrected chi connectivity index (χ4v) is 6.60. The Balaban J connectivity index is 3.78. The third-order valence-electron chi connectivity index (χ3n) is 10.8. The molecule has 0 radical (unpaired) electrons. The molecule has 74 heavy (non-hydrogen) atoms. The molecule has 0 aliphatic rings. The van der Waals surface area contributed by atoms with Crippen LogP contribution in [0.15, 0.2) is 219 Å². The number of carbonyl (C=O) groups is 2. The topological polar surface area (TPSA) is 72.8 Å². The van der Waals surface area contributed by atoms with Crippen molar-refractivity contribution >= 4 is 11.9 Å². The van der Waals surface area contributed by atoms with E-state index in [0.717, 1.165) is 148 Å². The lowest BCUT2D eigenvalue weighted by Crippen LogP contribution is -2.28. The number of hydrogen-bond donors (Lipinski definition) is 1. The van der Waals surface area contributed by atoms with Crippen molar-refractivity contribution in [2.24, 2.45) is 0 Å². The van der Waals surface area contributed by atoms with E-state index >= 15 is 0 Å². The molecule has 0 rings (SSSR count). The minimum Gasteiger partial charge on any atom is -0.462 e. The SMILES string of the molecule is CC/C=C\C/C=C\C/C=C\C/C=C\C/C=C\C/C=C\C/C=C\C/C=C\C/C=C\C/C=C\C/C=C\C/C=C\CCCCC(=O)OC(CO)COC(=O)CCCC/C=C\C/C=C\C/C=C\C/C=C\C/C=C\C/C=C\CC. The monoisotopic (exact) mass is 1010 g/mol. The van der Waals surface area contributed by atoms with Crippen molar-refractivity contribution in [1.29, 1.82) is 0 Å². The van der Waals surface area contributed by atoms with Crippen molar-refractivity contribution in [2.45, 2.75) is 187 Å². The first-order valence-corrected chi connectivity index (χ1v) is 28.3. The number of carbonyl (C=O) groups excluding carboxylic acids is 2. The van der Waals surface area contributed by atoms with Crippen LogP contribution < -0.4 is 0 Å². The van der Waals surface area contributed by atoms with Crippen molar-refractivity contribution in [3.8, 4) is 0 Å². The minimum atomic E-state index is -0.833. The Morgan fingerprint density at radius 2 is 0.527 bits per heavy atom. The average molecular weight is 1010 g/mol. The van der Waals surface area contributed by atoms with Gasteiger partial charge in [-0.15, -0.1) is 0 Å². The van der Waals surface area contributed by atoms with Crippen molar-refractivity contribution < 1.29 is 24.2 Å². The molecule has 0 spiro atoms. The summed E-state index contributed by atoms with van der Waals surface area (Å²) in [4.78, 5) is 24.5. The molecule has 0 fully saturated rings. The third-order valence-corrected chi connectivity index (χ3v) is 10.8. The zero-order chi connectivity index (χ0) is 53.4. The number of esters is 2. The Morgan fingerprint density at radius 3 is 0.757 bits per heavy atom. The molecule has 0 amide bonds. The van der Waals surface area contributed by atoms with Crippen LogP contribution in [0.2, 0.25) is 0 Å². The Hall–Kier alpha value is -5.78. The summed E-state index contributed by atoms with van der Waals surface area (Å²) < 4.78 is 10.6. The van der Waals surface area contributed by atoms with Crippen molar-refractivity contribution in [3.05, 3.63) is 219 Å². The van der Waals surface area contributed by atoms with Gasteiger partial charge in [0.25, 0.3) is 0 Å². The van der Waals surface area contributed by atoms with Crippen molar-refractivity contribution in [1.82, 2.24) is 0 Å². The molecule has 5 heteroatoms. The highest BCUT2D eigenvalue weighted by Gasteiger charge is 2.16. The van der Waals surface area contributed by atoms with E-state index in [2.05, 4.69) is 233 Å². The van der Waals surface area contributed by atoms with Gasteiger partial charge in [0.2, 0.25) is 0 Å². The van der Waals surface area contributed by atoms with E-state index in [1.54, 1.807) is 0 Å². The molecule has 0 aliphatic heterocycles. The first-order chi connectivity index (χ1) is 36.6. The van der Waals surface area contributed by atoms with Crippen LogP contribution in [0.1, 0.15) is 181 Å². The second-order valence-electron chi connectivity index (χ2n) is 17.5. The lowest BCUT2D eigenvalue weighted by molar-refractivity contribution is -0.161. The van der Waals surface area contributed by atoms with Crippen molar-refractivity contribution in [2.75, 3.05) is 13.2 Å². The van der Waals surface area contributed by atoms with Crippen LogP contribution in [0.3, 0.4) is 0 Å². The van der Waals surface area contributed by atoms with Crippen LogP contribution >= 0.6 is 0 Å². The molecule has 5 nitrogen and oxygen atoms in total. The van der Waals surface area contributed by atoms with Gasteiger partial charge in [0.15, 0.2) is 6.10 Å². The molecule has 0 heterocycles. The summed E-state index contributed by atoms with van der Waals surface area (Å²) in [5, 5.41) is 9.63. The highest BCUT2D eigenvalue weighted by atomic mass is 16.6. The van der Waals surface area contributed by atoms with Crippen LogP contribution in [0.5, 0.6) is 0 Å². The first kappa shape index (κ1) is 68.2. The summed E-state index contributed by atoms with van der Waals surface area (Å²) in [5.41, 5.74) is 0. The minimum absolute atomic E-state index is 0.123. The Kier molecular flexibility index (Phi) is 56.7. The van der Waals surface area contributed by atoms with Gasteiger partial charge in [-0.3, -0.25) is 9.59 Å². The van der Waals surface area contributed by atoms with E-state index < -0.39 is 6.10 Å². The number of rotatable bonds is 48. The molecular weight excluding hydrogens is 909 g/mol. The molecule has 1 N–H and O–H groups in total. The van der Waals surface area contributed by atoms with Gasteiger partial charge in [0.05, 0.1) is 6.61 Å². The zero-order valence-electron chi connectivity index (χ0n) is 46.2. The predicted octanol–water partition coefficient (Wildman–Crippen LogP) is 19.6. The van der Waals surface area contributed by atoms with E-state index in [-0.39, 0.29) is 31.6 Å². The third kappa shape index (κ3) is 58.8. The second-order valence-corrected chi connectivity index (χ2v) is 17.5. The maximum absolute atomic E-state index is 12.3. The fourth-order valence-electron chi connectivity index (χ4n) is 6.60. The molecule has 0 aromatic rings. The Morgan fingerprint density at radius 1 is 0.311 bits per heavy atom. The average Bonchev–Trinajstić information content (AvgIpc) is 3.40. The van der Waals surface area contributed by atoms with Gasteiger partial charge >= 0.3 is 11.9 Å². The molecule has 0 bridgehead atoms. The van der Waals surface area contributed by atoms with Crippen LogP contribution in [-0.2, 0) is 19.1 Å². The maximum Gasteiger partial charge on any atom is 0.306 e. The quantitative estimate of drug-likeness (QED) is 0.0373. The summed E-state index contributed by atoms with van der Waals surface area (Å²) in [5.74, 6) is -0.715.